The van der Waals surface area contributed by atoms with Crippen LogP contribution in [0.3, 0.4) is 0 Å². The predicted molar refractivity (Wildman–Crippen MR) is 110 cm³/mol. The number of rotatable bonds is 4. The number of fused-ring (bicyclic) bond motifs is 2. The highest BCUT2D eigenvalue weighted by Crippen LogP contribution is 2.27. The minimum atomic E-state index is -0.437. The summed E-state index contributed by atoms with van der Waals surface area (Å²) in [5.74, 6) is -0.437. The van der Waals surface area contributed by atoms with E-state index in [-0.39, 0.29) is 12.2 Å². The molecule has 7 nitrogen and oxygen atoms in total. The molecule has 3 heterocycles. The standard InChI is InChI=1S/C20H18N4O3S/c1-4-27-20(26)17-12(2)16-18(28-17)21-11-24(19(16)25)22-9-13-10-23(3)15-8-6-5-7-14(13)15/h5-11H,4H2,1-3H3. The molecule has 0 saturated carbocycles. The van der Waals surface area contributed by atoms with Crippen molar-refractivity contribution < 1.29 is 9.53 Å². The van der Waals surface area contributed by atoms with Gasteiger partial charge in [0.2, 0.25) is 0 Å². The number of carbonyl (C=O) groups is 1. The van der Waals surface area contributed by atoms with Crippen LogP contribution in [0.5, 0.6) is 0 Å². The van der Waals surface area contributed by atoms with Crippen molar-refractivity contribution in [1.29, 1.82) is 0 Å². The summed E-state index contributed by atoms with van der Waals surface area (Å²) in [6.45, 7) is 3.75. The van der Waals surface area contributed by atoms with Crippen molar-refractivity contribution in [1.82, 2.24) is 14.2 Å². The van der Waals surface area contributed by atoms with E-state index in [1.165, 1.54) is 11.0 Å². The second-order valence-corrected chi connectivity index (χ2v) is 7.31. The lowest BCUT2D eigenvalue weighted by atomic mass is 10.2. The number of thiophene rings is 1. The summed E-state index contributed by atoms with van der Waals surface area (Å²) < 4.78 is 8.26. The molecule has 1 aromatic carbocycles. The molecule has 0 aliphatic carbocycles. The molecule has 0 saturated heterocycles. The summed E-state index contributed by atoms with van der Waals surface area (Å²) in [6, 6.07) is 7.98. The van der Waals surface area contributed by atoms with Gasteiger partial charge in [-0.1, -0.05) is 18.2 Å². The van der Waals surface area contributed by atoms with Crippen LogP contribution < -0.4 is 5.56 Å². The molecular formula is C20H18N4O3S. The fourth-order valence-electron chi connectivity index (χ4n) is 3.19. The van der Waals surface area contributed by atoms with Gasteiger partial charge in [-0.3, -0.25) is 4.79 Å². The van der Waals surface area contributed by atoms with Gasteiger partial charge in [-0.05, 0) is 25.5 Å². The first-order chi connectivity index (χ1) is 13.5. The molecule has 4 rings (SSSR count). The van der Waals surface area contributed by atoms with E-state index >= 15 is 0 Å². The number of ether oxygens (including phenoxy) is 1. The molecule has 0 radical (unpaired) electrons. The van der Waals surface area contributed by atoms with Crippen LogP contribution in [0.25, 0.3) is 21.1 Å². The Kier molecular flexibility index (Phi) is 4.56. The number of para-hydroxylation sites is 1. The summed E-state index contributed by atoms with van der Waals surface area (Å²) in [5.41, 5.74) is 2.24. The summed E-state index contributed by atoms with van der Waals surface area (Å²) >= 11 is 1.16. The van der Waals surface area contributed by atoms with E-state index in [9.17, 15) is 9.59 Å². The maximum absolute atomic E-state index is 12.9. The third-order valence-electron chi connectivity index (χ3n) is 4.54. The van der Waals surface area contributed by atoms with E-state index in [1.807, 2.05) is 42.1 Å². The molecule has 0 atom stereocenters. The SMILES string of the molecule is CCOC(=O)c1sc2ncn(N=Cc3cn(C)c4ccccc34)c(=O)c2c1C. The summed E-state index contributed by atoms with van der Waals surface area (Å²) in [4.78, 5) is 30.2. The highest BCUT2D eigenvalue weighted by molar-refractivity contribution is 7.20. The van der Waals surface area contributed by atoms with Crippen molar-refractivity contribution in [3.63, 3.8) is 0 Å². The fourth-order valence-corrected chi connectivity index (χ4v) is 4.22. The van der Waals surface area contributed by atoms with Gasteiger partial charge in [-0.15, -0.1) is 11.3 Å². The third-order valence-corrected chi connectivity index (χ3v) is 5.72. The topological polar surface area (TPSA) is 78.5 Å². The van der Waals surface area contributed by atoms with E-state index < -0.39 is 5.97 Å². The number of hydrogen-bond acceptors (Lipinski definition) is 6. The molecule has 3 aromatic heterocycles. The van der Waals surface area contributed by atoms with Crippen LogP contribution >= 0.6 is 11.3 Å². The van der Waals surface area contributed by atoms with Crippen LogP contribution in [0.15, 0.2) is 46.7 Å². The van der Waals surface area contributed by atoms with Gasteiger partial charge in [-0.2, -0.15) is 9.78 Å². The van der Waals surface area contributed by atoms with Gasteiger partial charge in [-0.25, -0.2) is 9.78 Å². The highest BCUT2D eigenvalue weighted by Gasteiger charge is 2.20. The average molecular weight is 394 g/mol. The highest BCUT2D eigenvalue weighted by atomic mass is 32.1. The molecule has 4 aromatic rings. The van der Waals surface area contributed by atoms with Gasteiger partial charge in [0, 0.05) is 29.7 Å². The largest absolute Gasteiger partial charge is 0.462 e. The van der Waals surface area contributed by atoms with Gasteiger partial charge in [0.05, 0.1) is 18.2 Å². The monoisotopic (exact) mass is 394 g/mol. The second kappa shape index (κ2) is 7.05. The number of aromatic nitrogens is 3. The first-order valence-electron chi connectivity index (χ1n) is 8.77. The van der Waals surface area contributed by atoms with Crippen LogP contribution in [-0.4, -0.2) is 33.0 Å². The summed E-state index contributed by atoms with van der Waals surface area (Å²) in [7, 11) is 1.96. The number of hydrogen-bond donors (Lipinski definition) is 0. The molecule has 0 fully saturated rings. The lowest BCUT2D eigenvalue weighted by molar-refractivity contribution is 0.0531. The Hall–Kier alpha value is -3.26. The lowest BCUT2D eigenvalue weighted by Crippen LogP contribution is -2.17. The van der Waals surface area contributed by atoms with Crippen molar-refractivity contribution in [3.8, 4) is 0 Å². The van der Waals surface area contributed by atoms with E-state index in [0.29, 0.717) is 20.7 Å². The minimum absolute atomic E-state index is 0.277. The average Bonchev–Trinajstić information content (AvgIpc) is 3.20. The molecule has 0 bridgehead atoms. The number of nitrogens with zero attached hydrogens (tertiary/aromatic N) is 4. The molecule has 28 heavy (non-hydrogen) atoms. The van der Waals surface area contributed by atoms with Crippen molar-refractivity contribution in [2.24, 2.45) is 12.1 Å². The van der Waals surface area contributed by atoms with Gasteiger partial charge in [0.25, 0.3) is 5.56 Å². The van der Waals surface area contributed by atoms with Gasteiger partial charge in [0.1, 0.15) is 16.0 Å². The number of benzene rings is 1. The molecule has 0 aliphatic rings. The summed E-state index contributed by atoms with van der Waals surface area (Å²) in [6.07, 6.45) is 4.97. The first-order valence-corrected chi connectivity index (χ1v) is 9.59. The van der Waals surface area contributed by atoms with Crippen LogP contribution in [-0.2, 0) is 11.8 Å². The second-order valence-electron chi connectivity index (χ2n) is 6.31. The van der Waals surface area contributed by atoms with Crippen LogP contribution in [0, 0.1) is 6.92 Å². The first kappa shape index (κ1) is 18.1. The van der Waals surface area contributed by atoms with Crippen LogP contribution in [0.4, 0.5) is 0 Å². The van der Waals surface area contributed by atoms with Gasteiger partial charge >= 0.3 is 5.97 Å². The molecule has 8 heteroatoms. The molecule has 0 unspecified atom stereocenters. The Bertz CT molecular complexity index is 1300. The minimum Gasteiger partial charge on any atom is -0.462 e. The van der Waals surface area contributed by atoms with E-state index in [0.717, 1.165) is 27.8 Å². The zero-order valence-electron chi connectivity index (χ0n) is 15.7. The zero-order chi connectivity index (χ0) is 19.8. The molecule has 0 spiro atoms. The molecule has 0 aliphatic heterocycles. The van der Waals surface area contributed by atoms with Crippen molar-refractivity contribution in [2.45, 2.75) is 13.8 Å². The van der Waals surface area contributed by atoms with Gasteiger partial charge < -0.3 is 9.30 Å². The van der Waals surface area contributed by atoms with Crippen LogP contribution in [0.1, 0.15) is 27.7 Å². The molecule has 142 valence electrons. The number of aryl methyl sites for hydroxylation is 2. The third kappa shape index (κ3) is 2.91. The Morgan fingerprint density at radius 1 is 1.36 bits per heavy atom. The van der Waals surface area contributed by atoms with Crippen molar-refractivity contribution >= 4 is 44.6 Å². The number of esters is 1. The molecule has 0 N–H and O–H groups in total. The van der Waals surface area contributed by atoms with E-state index in [4.69, 9.17) is 4.74 Å². The number of carbonyl (C=O) groups excluding carboxylic acids is 1. The Labute approximate surface area is 164 Å². The smallest absolute Gasteiger partial charge is 0.348 e. The lowest BCUT2D eigenvalue weighted by Gasteiger charge is -1.99. The van der Waals surface area contributed by atoms with E-state index in [1.54, 1.807) is 20.1 Å². The summed E-state index contributed by atoms with van der Waals surface area (Å²) in [5, 5.41) is 5.76. The Morgan fingerprint density at radius 2 is 2.14 bits per heavy atom. The van der Waals surface area contributed by atoms with E-state index in [2.05, 4.69) is 10.1 Å². The maximum atomic E-state index is 12.9. The maximum Gasteiger partial charge on any atom is 0.348 e. The van der Waals surface area contributed by atoms with Crippen molar-refractivity contribution in [3.05, 3.63) is 63.1 Å². The Balaban J connectivity index is 1.78. The fraction of sp³-hybridized carbons (Fsp3) is 0.200. The van der Waals surface area contributed by atoms with Crippen molar-refractivity contribution in [2.75, 3.05) is 6.61 Å². The molecule has 0 amide bonds. The zero-order valence-corrected chi connectivity index (χ0v) is 16.5. The normalized spacial score (nSPS) is 11.7. The predicted octanol–water partition coefficient (Wildman–Crippen LogP) is 3.32. The van der Waals surface area contributed by atoms with Crippen LogP contribution in [0.2, 0.25) is 0 Å². The van der Waals surface area contributed by atoms with Gasteiger partial charge in [0.15, 0.2) is 0 Å². The Morgan fingerprint density at radius 3 is 2.93 bits per heavy atom. The quantitative estimate of drug-likeness (QED) is 0.393. The molecular weight excluding hydrogens is 376 g/mol.